The van der Waals surface area contributed by atoms with Crippen molar-refractivity contribution in [2.45, 2.75) is 27.7 Å². The first-order valence-electron chi connectivity index (χ1n) is 11.1. The highest BCUT2D eigenvalue weighted by atomic mass is 15.0. The first-order valence-corrected chi connectivity index (χ1v) is 11.1. The van der Waals surface area contributed by atoms with Crippen LogP contribution >= 0.6 is 0 Å². The molecular formula is C30H28N2. The Morgan fingerprint density at radius 2 is 0.719 bits per heavy atom. The lowest BCUT2D eigenvalue weighted by Gasteiger charge is -2.21. The molecule has 0 saturated carbocycles. The van der Waals surface area contributed by atoms with E-state index in [1.54, 1.807) is 0 Å². The Kier molecular flexibility index (Phi) is 5.07. The molecule has 0 heterocycles. The summed E-state index contributed by atoms with van der Waals surface area (Å²) in [7, 11) is 0. The van der Waals surface area contributed by atoms with E-state index in [0.29, 0.717) is 0 Å². The van der Waals surface area contributed by atoms with E-state index in [1.807, 2.05) is 0 Å². The molecule has 0 saturated heterocycles. The average Bonchev–Trinajstić information content (AvgIpc) is 2.75. The summed E-state index contributed by atoms with van der Waals surface area (Å²) in [5.41, 5.74) is 9.41. The molecule has 5 rings (SSSR count). The third-order valence-electron chi connectivity index (χ3n) is 5.92. The van der Waals surface area contributed by atoms with Crippen LogP contribution in [0.15, 0.2) is 84.9 Å². The van der Waals surface area contributed by atoms with Crippen molar-refractivity contribution in [1.82, 2.24) is 0 Å². The molecule has 32 heavy (non-hydrogen) atoms. The zero-order valence-electron chi connectivity index (χ0n) is 19.1. The molecule has 0 spiro atoms. The van der Waals surface area contributed by atoms with Gasteiger partial charge in [0.1, 0.15) is 0 Å². The fraction of sp³-hybridized carbons (Fsp3) is 0.133. The van der Waals surface area contributed by atoms with Crippen LogP contribution in [0.2, 0.25) is 0 Å². The van der Waals surface area contributed by atoms with Crippen molar-refractivity contribution in [2.24, 2.45) is 0 Å². The average molecular weight is 417 g/mol. The lowest BCUT2D eigenvalue weighted by molar-refractivity contribution is 1.37. The standard InChI is InChI=1S/C30H28N2/c1-19-13-20(2)16-23(15-19)31-29-27-11-7-5-9-25(27)26-10-6-8-12-28(26)30(29)32-24-17-21(3)14-22(4)18-24/h5-18,31-32H,1-4H3. The van der Waals surface area contributed by atoms with E-state index < -0.39 is 0 Å². The predicted octanol–water partition coefficient (Wildman–Crippen LogP) is 8.71. The molecule has 0 radical (unpaired) electrons. The normalized spacial score (nSPS) is 11.1. The first-order chi connectivity index (χ1) is 15.5. The fourth-order valence-electron chi connectivity index (χ4n) is 4.78. The van der Waals surface area contributed by atoms with Crippen molar-refractivity contribution in [1.29, 1.82) is 0 Å². The number of fused-ring (bicyclic) bond motifs is 3. The number of rotatable bonds is 4. The van der Waals surface area contributed by atoms with E-state index in [0.717, 1.165) is 22.7 Å². The Morgan fingerprint density at radius 3 is 1.06 bits per heavy atom. The highest BCUT2D eigenvalue weighted by molar-refractivity contribution is 6.21. The molecule has 0 atom stereocenters. The van der Waals surface area contributed by atoms with Gasteiger partial charge in [0.25, 0.3) is 0 Å². The highest BCUT2D eigenvalue weighted by Gasteiger charge is 2.15. The molecule has 0 aliphatic carbocycles. The molecule has 0 bridgehead atoms. The van der Waals surface area contributed by atoms with Gasteiger partial charge in [0.05, 0.1) is 11.4 Å². The van der Waals surface area contributed by atoms with Gasteiger partial charge in [-0.25, -0.2) is 0 Å². The van der Waals surface area contributed by atoms with Gasteiger partial charge in [0.15, 0.2) is 0 Å². The van der Waals surface area contributed by atoms with E-state index in [2.05, 4.69) is 123 Å². The number of hydrogen-bond donors (Lipinski definition) is 2. The second-order valence-electron chi connectivity index (χ2n) is 8.84. The largest absolute Gasteiger partial charge is 0.353 e. The van der Waals surface area contributed by atoms with Crippen molar-refractivity contribution < 1.29 is 0 Å². The van der Waals surface area contributed by atoms with Gasteiger partial charge in [-0.1, -0.05) is 60.7 Å². The van der Waals surface area contributed by atoms with Crippen LogP contribution in [-0.2, 0) is 0 Å². The molecule has 2 N–H and O–H groups in total. The van der Waals surface area contributed by atoms with E-state index in [1.165, 1.54) is 43.8 Å². The van der Waals surface area contributed by atoms with E-state index >= 15 is 0 Å². The van der Waals surface area contributed by atoms with E-state index in [4.69, 9.17) is 0 Å². The summed E-state index contributed by atoms with van der Waals surface area (Å²) in [6.07, 6.45) is 0. The van der Waals surface area contributed by atoms with Crippen LogP contribution in [0.5, 0.6) is 0 Å². The summed E-state index contributed by atoms with van der Waals surface area (Å²) < 4.78 is 0. The van der Waals surface area contributed by atoms with Crippen LogP contribution in [-0.4, -0.2) is 0 Å². The molecule has 0 aliphatic heterocycles. The molecule has 0 unspecified atom stereocenters. The summed E-state index contributed by atoms with van der Waals surface area (Å²) in [6.45, 7) is 8.58. The Bertz CT molecular complexity index is 1310. The molecule has 158 valence electrons. The Morgan fingerprint density at radius 1 is 0.406 bits per heavy atom. The van der Waals surface area contributed by atoms with Crippen molar-refractivity contribution in [2.75, 3.05) is 10.6 Å². The zero-order valence-corrected chi connectivity index (χ0v) is 19.1. The van der Waals surface area contributed by atoms with E-state index in [-0.39, 0.29) is 0 Å². The SMILES string of the molecule is Cc1cc(C)cc(Nc2c(Nc3cc(C)cc(C)c3)c3ccccc3c3ccccc23)c1. The summed E-state index contributed by atoms with van der Waals surface area (Å²) in [6, 6.07) is 30.5. The number of nitrogens with one attached hydrogen (secondary N) is 2. The Hall–Kier alpha value is -3.78. The lowest BCUT2D eigenvalue weighted by atomic mass is 9.97. The minimum atomic E-state index is 1.10. The van der Waals surface area contributed by atoms with Gasteiger partial charge in [0.2, 0.25) is 0 Å². The maximum atomic E-state index is 3.78. The maximum absolute atomic E-state index is 3.78. The minimum Gasteiger partial charge on any atom is -0.353 e. The summed E-state index contributed by atoms with van der Waals surface area (Å²) in [4.78, 5) is 0. The van der Waals surface area contributed by atoms with Crippen molar-refractivity contribution in [3.05, 3.63) is 107 Å². The number of benzene rings is 5. The second-order valence-corrected chi connectivity index (χ2v) is 8.84. The second kappa shape index (κ2) is 8.05. The number of anilines is 4. The summed E-state index contributed by atoms with van der Waals surface area (Å²) in [5.74, 6) is 0. The van der Waals surface area contributed by atoms with Gasteiger partial charge in [-0.05, 0) is 85.0 Å². The molecule has 0 aromatic heterocycles. The smallest absolute Gasteiger partial charge is 0.0709 e. The quantitative estimate of drug-likeness (QED) is 0.226. The fourth-order valence-corrected chi connectivity index (χ4v) is 4.78. The third kappa shape index (κ3) is 3.80. The molecule has 5 aromatic carbocycles. The molecule has 0 amide bonds. The van der Waals surface area contributed by atoms with Gasteiger partial charge in [-0.15, -0.1) is 0 Å². The molecule has 0 aliphatic rings. The minimum absolute atomic E-state index is 1.10. The van der Waals surface area contributed by atoms with Gasteiger partial charge in [-0.3, -0.25) is 0 Å². The van der Waals surface area contributed by atoms with Crippen molar-refractivity contribution >= 4 is 44.3 Å². The molecule has 5 aromatic rings. The van der Waals surface area contributed by atoms with Crippen LogP contribution in [0.4, 0.5) is 22.7 Å². The first kappa shape index (κ1) is 20.1. The van der Waals surface area contributed by atoms with Crippen LogP contribution in [0.25, 0.3) is 21.5 Å². The van der Waals surface area contributed by atoms with Gasteiger partial charge >= 0.3 is 0 Å². The number of hydrogen-bond acceptors (Lipinski definition) is 2. The van der Waals surface area contributed by atoms with Gasteiger partial charge in [0, 0.05) is 22.1 Å². The maximum Gasteiger partial charge on any atom is 0.0709 e. The highest BCUT2D eigenvalue weighted by Crippen LogP contribution is 2.43. The summed E-state index contributed by atoms with van der Waals surface area (Å²) >= 11 is 0. The van der Waals surface area contributed by atoms with Crippen LogP contribution < -0.4 is 10.6 Å². The Labute approximate surface area is 189 Å². The molecular weight excluding hydrogens is 388 g/mol. The van der Waals surface area contributed by atoms with E-state index in [9.17, 15) is 0 Å². The van der Waals surface area contributed by atoms with Gasteiger partial charge < -0.3 is 10.6 Å². The molecule has 0 fully saturated rings. The van der Waals surface area contributed by atoms with Gasteiger partial charge in [-0.2, -0.15) is 0 Å². The van der Waals surface area contributed by atoms with Crippen molar-refractivity contribution in [3.8, 4) is 0 Å². The monoisotopic (exact) mass is 416 g/mol. The lowest BCUT2D eigenvalue weighted by Crippen LogP contribution is -2.01. The molecule has 2 nitrogen and oxygen atoms in total. The number of aryl methyl sites for hydroxylation is 4. The van der Waals surface area contributed by atoms with Crippen molar-refractivity contribution in [3.63, 3.8) is 0 Å². The third-order valence-corrected chi connectivity index (χ3v) is 5.92. The topological polar surface area (TPSA) is 24.1 Å². The Balaban J connectivity index is 1.79. The zero-order chi connectivity index (χ0) is 22.2. The van der Waals surface area contributed by atoms with Crippen LogP contribution in [0.1, 0.15) is 22.3 Å². The summed E-state index contributed by atoms with van der Waals surface area (Å²) in [5, 5.41) is 12.5. The van der Waals surface area contributed by atoms with Crippen LogP contribution in [0, 0.1) is 27.7 Å². The van der Waals surface area contributed by atoms with Crippen LogP contribution in [0.3, 0.4) is 0 Å². The predicted molar refractivity (Wildman–Crippen MR) is 140 cm³/mol. The molecule has 2 heteroatoms.